The van der Waals surface area contributed by atoms with Crippen LogP contribution in [0.3, 0.4) is 0 Å². The number of ether oxygens (including phenoxy) is 3. The van der Waals surface area contributed by atoms with Crippen LogP contribution in [0.25, 0.3) is 0 Å². The van der Waals surface area contributed by atoms with E-state index in [0.29, 0.717) is 0 Å². The molecule has 0 spiro atoms. The van der Waals surface area contributed by atoms with E-state index < -0.39 is 17.7 Å². The summed E-state index contributed by atoms with van der Waals surface area (Å²) in [7, 11) is 2.47. The SMILES string of the molecule is CON=C(C(=O)OC)c1ccccc1Oc1ncnc(Oc2ccccc2Cl)c1F. The summed E-state index contributed by atoms with van der Waals surface area (Å²) < 4.78 is 30.6. The summed E-state index contributed by atoms with van der Waals surface area (Å²) >= 11 is 6.03. The van der Waals surface area contributed by atoms with Gasteiger partial charge in [-0.1, -0.05) is 41.0 Å². The molecule has 0 unspecified atom stereocenters. The van der Waals surface area contributed by atoms with Crippen molar-refractivity contribution in [3.05, 3.63) is 71.3 Å². The van der Waals surface area contributed by atoms with Gasteiger partial charge in [0.05, 0.1) is 17.7 Å². The molecule has 8 nitrogen and oxygen atoms in total. The molecule has 0 aliphatic rings. The predicted octanol–water partition coefficient (Wildman–Crippen LogP) is 4.38. The minimum atomic E-state index is -0.962. The standard InChI is InChI=1S/C20H15ClFN3O5/c1-27-20(26)17(25-28-2)12-7-3-5-9-14(12)29-18-16(22)19(24-11-23-18)30-15-10-6-4-8-13(15)21/h3-11H,1-2H3. The fourth-order valence-electron chi connectivity index (χ4n) is 2.35. The minimum absolute atomic E-state index is 0.0833. The minimum Gasteiger partial charge on any atom is -0.464 e. The largest absolute Gasteiger partial charge is 0.464 e. The quantitative estimate of drug-likeness (QED) is 0.311. The van der Waals surface area contributed by atoms with E-state index in [1.807, 2.05) is 0 Å². The van der Waals surface area contributed by atoms with E-state index in [2.05, 4.69) is 15.1 Å². The number of oxime groups is 1. The summed E-state index contributed by atoms with van der Waals surface area (Å²) in [4.78, 5) is 24.3. The highest BCUT2D eigenvalue weighted by molar-refractivity contribution is 6.43. The van der Waals surface area contributed by atoms with Gasteiger partial charge in [0.15, 0.2) is 5.71 Å². The van der Waals surface area contributed by atoms with Crippen LogP contribution in [0.2, 0.25) is 5.02 Å². The van der Waals surface area contributed by atoms with Crippen LogP contribution in [-0.2, 0) is 14.4 Å². The molecule has 0 atom stereocenters. The van der Waals surface area contributed by atoms with Gasteiger partial charge in [0.25, 0.3) is 11.8 Å². The second-order valence-corrected chi connectivity index (χ2v) is 5.95. The van der Waals surface area contributed by atoms with Gasteiger partial charge >= 0.3 is 5.97 Å². The summed E-state index contributed by atoms with van der Waals surface area (Å²) in [6.07, 6.45) is 1.07. The number of hydrogen-bond donors (Lipinski definition) is 0. The van der Waals surface area contributed by atoms with Crippen LogP contribution >= 0.6 is 11.6 Å². The Morgan fingerprint density at radius 1 is 0.967 bits per heavy atom. The Balaban J connectivity index is 1.96. The van der Waals surface area contributed by atoms with Crippen molar-refractivity contribution in [2.24, 2.45) is 5.16 Å². The van der Waals surface area contributed by atoms with E-state index in [1.165, 1.54) is 26.4 Å². The van der Waals surface area contributed by atoms with Crippen LogP contribution in [0.15, 0.2) is 60.0 Å². The third-order valence-corrected chi connectivity index (χ3v) is 3.99. The third-order valence-electron chi connectivity index (χ3n) is 3.68. The lowest BCUT2D eigenvalue weighted by atomic mass is 10.1. The summed E-state index contributed by atoms with van der Waals surface area (Å²) in [5.41, 5.74) is 0.0374. The number of aromatic nitrogens is 2. The van der Waals surface area contributed by atoms with Gasteiger partial charge in [-0.05, 0) is 24.3 Å². The van der Waals surface area contributed by atoms with Crippen molar-refractivity contribution in [3.8, 4) is 23.3 Å². The van der Waals surface area contributed by atoms with E-state index >= 15 is 0 Å². The molecule has 0 aliphatic carbocycles. The number of halogens is 2. The molecule has 0 N–H and O–H groups in total. The zero-order valence-electron chi connectivity index (χ0n) is 15.8. The highest BCUT2D eigenvalue weighted by Gasteiger charge is 2.23. The molecule has 10 heteroatoms. The van der Waals surface area contributed by atoms with Gasteiger partial charge in [-0.25, -0.2) is 4.79 Å². The Kier molecular flexibility index (Phi) is 6.76. The van der Waals surface area contributed by atoms with Crippen molar-refractivity contribution in [2.75, 3.05) is 14.2 Å². The molecule has 0 saturated heterocycles. The van der Waals surface area contributed by atoms with E-state index in [-0.39, 0.29) is 33.7 Å². The maximum Gasteiger partial charge on any atom is 0.360 e. The lowest BCUT2D eigenvalue weighted by molar-refractivity contribution is -0.132. The molecule has 1 aromatic heterocycles. The van der Waals surface area contributed by atoms with Crippen LogP contribution in [-0.4, -0.2) is 35.9 Å². The zero-order chi connectivity index (χ0) is 21.5. The smallest absolute Gasteiger partial charge is 0.360 e. The lowest BCUT2D eigenvalue weighted by Crippen LogP contribution is -2.18. The molecule has 154 valence electrons. The molecule has 3 rings (SSSR count). The first-order valence-electron chi connectivity index (χ1n) is 8.44. The monoisotopic (exact) mass is 431 g/mol. The van der Waals surface area contributed by atoms with Crippen LogP contribution in [0.4, 0.5) is 4.39 Å². The average molecular weight is 432 g/mol. The van der Waals surface area contributed by atoms with Crippen molar-refractivity contribution < 1.29 is 28.2 Å². The molecule has 0 bridgehead atoms. The second-order valence-electron chi connectivity index (χ2n) is 5.54. The summed E-state index contributed by atoms with van der Waals surface area (Å²) in [6.45, 7) is 0. The van der Waals surface area contributed by atoms with Gasteiger partial charge < -0.3 is 19.0 Å². The van der Waals surface area contributed by atoms with Gasteiger partial charge in [-0.3, -0.25) is 0 Å². The number of carbonyl (C=O) groups is 1. The number of hydrogen-bond acceptors (Lipinski definition) is 8. The molecule has 0 saturated carbocycles. The number of esters is 1. The molecule has 0 aliphatic heterocycles. The van der Waals surface area contributed by atoms with Crippen molar-refractivity contribution >= 4 is 23.3 Å². The zero-order valence-corrected chi connectivity index (χ0v) is 16.6. The predicted molar refractivity (Wildman–Crippen MR) is 106 cm³/mol. The molecule has 1 heterocycles. The van der Waals surface area contributed by atoms with E-state index in [1.54, 1.807) is 36.4 Å². The molecular formula is C20H15ClFN3O5. The summed E-state index contributed by atoms with van der Waals surface area (Å²) in [5.74, 6) is -2.25. The molecule has 2 aromatic carbocycles. The number of benzene rings is 2. The Labute approximate surface area is 175 Å². The summed E-state index contributed by atoms with van der Waals surface area (Å²) in [6, 6.07) is 12.8. The van der Waals surface area contributed by atoms with Gasteiger partial charge in [-0.2, -0.15) is 14.4 Å². The normalized spacial score (nSPS) is 11.0. The first kappa shape index (κ1) is 21.0. The topological polar surface area (TPSA) is 92.1 Å². The fraction of sp³-hybridized carbons (Fsp3) is 0.100. The Bertz CT molecular complexity index is 1090. The Morgan fingerprint density at radius 3 is 2.20 bits per heavy atom. The number of rotatable bonds is 7. The highest BCUT2D eigenvalue weighted by atomic mass is 35.5. The number of para-hydroxylation sites is 2. The first-order valence-corrected chi connectivity index (χ1v) is 8.82. The lowest BCUT2D eigenvalue weighted by Gasteiger charge is -2.12. The van der Waals surface area contributed by atoms with Gasteiger partial charge in [-0.15, -0.1) is 0 Å². The van der Waals surface area contributed by atoms with Gasteiger partial charge in [0, 0.05) is 0 Å². The first-order chi connectivity index (χ1) is 14.5. The van der Waals surface area contributed by atoms with Crippen LogP contribution in [0.1, 0.15) is 5.56 Å². The highest BCUT2D eigenvalue weighted by Crippen LogP contribution is 2.33. The number of carbonyl (C=O) groups excluding carboxylic acids is 1. The molecule has 0 amide bonds. The van der Waals surface area contributed by atoms with Gasteiger partial charge in [0.1, 0.15) is 24.9 Å². The van der Waals surface area contributed by atoms with Crippen LogP contribution in [0, 0.1) is 5.82 Å². The van der Waals surface area contributed by atoms with Crippen molar-refractivity contribution in [1.29, 1.82) is 0 Å². The molecule has 30 heavy (non-hydrogen) atoms. The third kappa shape index (κ3) is 4.64. The van der Waals surface area contributed by atoms with E-state index in [9.17, 15) is 9.18 Å². The maximum atomic E-state index is 14.9. The second kappa shape index (κ2) is 9.66. The van der Waals surface area contributed by atoms with Crippen LogP contribution in [0.5, 0.6) is 23.3 Å². The van der Waals surface area contributed by atoms with Gasteiger partial charge in [0.2, 0.25) is 5.82 Å². The van der Waals surface area contributed by atoms with Crippen molar-refractivity contribution in [3.63, 3.8) is 0 Å². The van der Waals surface area contributed by atoms with E-state index in [0.717, 1.165) is 6.33 Å². The molecule has 0 radical (unpaired) electrons. The molecule has 0 fully saturated rings. The van der Waals surface area contributed by atoms with Crippen molar-refractivity contribution in [1.82, 2.24) is 9.97 Å². The number of methoxy groups -OCH3 is 1. The Hall–Kier alpha value is -3.72. The molecule has 3 aromatic rings. The van der Waals surface area contributed by atoms with Crippen LogP contribution < -0.4 is 9.47 Å². The van der Waals surface area contributed by atoms with Crippen molar-refractivity contribution in [2.45, 2.75) is 0 Å². The average Bonchev–Trinajstić information content (AvgIpc) is 2.76. The Morgan fingerprint density at radius 2 is 1.57 bits per heavy atom. The maximum absolute atomic E-state index is 14.9. The molecular weight excluding hydrogens is 417 g/mol. The van der Waals surface area contributed by atoms with E-state index in [4.69, 9.17) is 30.6 Å². The fourth-order valence-corrected chi connectivity index (χ4v) is 2.53. The summed E-state index contributed by atoms with van der Waals surface area (Å²) in [5, 5.41) is 3.95. The number of nitrogens with zero attached hydrogens (tertiary/aromatic N) is 3.